The van der Waals surface area contributed by atoms with Gasteiger partial charge in [-0.1, -0.05) is 11.6 Å². The molecule has 2 N–H and O–H groups in total. The molecule has 1 aromatic heterocycles. The lowest BCUT2D eigenvalue weighted by Crippen LogP contribution is -2.31. The van der Waals surface area contributed by atoms with Crippen LogP contribution < -0.4 is 5.32 Å². The molecule has 1 aromatic rings. The van der Waals surface area contributed by atoms with Crippen LogP contribution in [0.25, 0.3) is 0 Å². The van der Waals surface area contributed by atoms with E-state index in [0.717, 1.165) is 6.20 Å². The van der Waals surface area contributed by atoms with Gasteiger partial charge in [-0.2, -0.15) is 0 Å². The molecule has 1 fully saturated rings. The molecule has 1 amide bonds. The van der Waals surface area contributed by atoms with Crippen molar-refractivity contribution in [3.63, 3.8) is 0 Å². The fourth-order valence-corrected chi connectivity index (χ4v) is 3.00. The first kappa shape index (κ1) is 19.7. The lowest BCUT2D eigenvalue weighted by Gasteiger charge is -2.20. The van der Waals surface area contributed by atoms with Gasteiger partial charge in [0.1, 0.15) is 11.3 Å². The van der Waals surface area contributed by atoms with Crippen molar-refractivity contribution in [3.8, 4) is 0 Å². The Bertz CT molecular complexity index is 714. The summed E-state index contributed by atoms with van der Waals surface area (Å²) in [7, 11) is 0. The Hall–Kier alpha value is -2.62. The molecule has 0 saturated carbocycles. The lowest BCUT2D eigenvalue weighted by molar-refractivity contribution is -0.384. The Balaban J connectivity index is 2.34. The molecule has 0 aliphatic carbocycles. The number of ether oxygens (including phenoxy) is 1. The van der Waals surface area contributed by atoms with Crippen LogP contribution in [0.2, 0.25) is 5.15 Å². The molecule has 1 aliphatic rings. The Morgan fingerprint density at radius 2 is 2.23 bits per heavy atom. The summed E-state index contributed by atoms with van der Waals surface area (Å²) in [6.45, 7) is 2.39. The summed E-state index contributed by atoms with van der Waals surface area (Å²) in [6, 6.07) is -0.260. The molecule has 1 aliphatic heterocycles. The monoisotopic (exact) mass is 386 g/mol. The average Bonchev–Trinajstić information content (AvgIpc) is 2.80. The van der Waals surface area contributed by atoms with Gasteiger partial charge in [0, 0.05) is 25.3 Å². The van der Waals surface area contributed by atoms with E-state index < -0.39 is 22.7 Å². The first-order valence-corrected chi connectivity index (χ1v) is 8.47. The van der Waals surface area contributed by atoms with E-state index in [-0.39, 0.29) is 35.6 Å². The Morgan fingerprint density at radius 3 is 2.85 bits per heavy atom. The van der Waals surface area contributed by atoms with Crippen LogP contribution in [0.1, 0.15) is 36.5 Å². The predicted octanol–water partition coefficient (Wildman–Crippen LogP) is 2.76. The minimum atomic E-state index is -1.00. The van der Waals surface area contributed by atoms with E-state index in [4.69, 9.17) is 21.4 Å². The van der Waals surface area contributed by atoms with E-state index in [0.29, 0.717) is 25.8 Å². The third-order valence-electron chi connectivity index (χ3n) is 4.03. The van der Waals surface area contributed by atoms with Gasteiger partial charge in [0.25, 0.3) is 0 Å². The molecule has 26 heavy (non-hydrogen) atoms. The van der Waals surface area contributed by atoms with Crippen LogP contribution in [-0.4, -0.2) is 57.7 Å². The highest BCUT2D eigenvalue weighted by atomic mass is 35.5. The zero-order valence-corrected chi connectivity index (χ0v) is 14.9. The second-order valence-corrected chi connectivity index (χ2v) is 6.06. The van der Waals surface area contributed by atoms with Crippen LogP contribution in [-0.2, 0) is 4.74 Å². The maximum Gasteiger partial charge on any atom is 0.407 e. The van der Waals surface area contributed by atoms with Crippen LogP contribution >= 0.6 is 11.6 Å². The molecule has 0 aromatic carbocycles. The predicted molar refractivity (Wildman–Crippen MR) is 92.7 cm³/mol. The molecule has 2 heterocycles. The van der Waals surface area contributed by atoms with Crippen molar-refractivity contribution < 1.29 is 24.4 Å². The fourth-order valence-electron chi connectivity index (χ4n) is 2.79. The van der Waals surface area contributed by atoms with Crippen LogP contribution in [0.15, 0.2) is 6.20 Å². The van der Waals surface area contributed by atoms with Crippen LogP contribution in [0.5, 0.6) is 0 Å². The smallest absolute Gasteiger partial charge is 0.407 e. The summed E-state index contributed by atoms with van der Waals surface area (Å²) in [5.74, 6) is -0.747. The van der Waals surface area contributed by atoms with E-state index in [2.05, 4.69) is 10.3 Å². The van der Waals surface area contributed by atoms with E-state index in [1.54, 1.807) is 6.92 Å². The Labute approximate surface area is 154 Å². The van der Waals surface area contributed by atoms with Gasteiger partial charge in [0.05, 0.1) is 11.5 Å². The van der Waals surface area contributed by atoms with Gasteiger partial charge in [0.2, 0.25) is 5.15 Å². The molecule has 11 heteroatoms. The van der Waals surface area contributed by atoms with E-state index in [1.807, 2.05) is 0 Å². The van der Waals surface area contributed by atoms with Crippen molar-refractivity contribution in [2.45, 2.75) is 32.2 Å². The third-order valence-corrected chi connectivity index (χ3v) is 4.31. The molecular weight excluding hydrogens is 368 g/mol. The van der Waals surface area contributed by atoms with E-state index >= 15 is 0 Å². The second-order valence-electron chi connectivity index (χ2n) is 5.71. The number of carboxylic acid groups (broad SMARTS) is 1. The largest absolute Gasteiger partial charge is 0.465 e. The van der Waals surface area contributed by atoms with Gasteiger partial charge < -0.3 is 20.1 Å². The number of esters is 1. The number of nitrogens with one attached hydrogen (secondary N) is 1. The minimum Gasteiger partial charge on any atom is -0.465 e. The molecular formula is C15H19ClN4O6. The number of hydrogen-bond acceptors (Lipinski definition) is 7. The molecule has 1 atom stereocenters. The maximum absolute atomic E-state index is 12.1. The van der Waals surface area contributed by atoms with Gasteiger partial charge in [-0.25, -0.2) is 14.6 Å². The van der Waals surface area contributed by atoms with Crippen LogP contribution in [0, 0.1) is 10.1 Å². The average molecular weight is 387 g/mol. The normalized spacial score (nSPS) is 17.3. The van der Waals surface area contributed by atoms with Gasteiger partial charge in [-0.05, 0) is 26.2 Å². The van der Waals surface area contributed by atoms with Crippen molar-refractivity contribution >= 4 is 35.0 Å². The molecule has 1 unspecified atom stereocenters. The molecule has 0 spiro atoms. The zero-order valence-electron chi connectivity index (χ0n) is 14.1. The second kappa shape index (κ2) is 8.65. The number of nitro groups is 1. The highest BCUT2D eigenvalue weighted by molar-refractivity contribution is 6.32. The standard InChI is InChI=1S/C15H19ClN4O6/c1-2-26-14(21)10-8-17-13(16)12(20(24)25)11(10)18-9-4-3-6-19(7-5-9)15(22)23/h8-9H,2-7H2,1H3,(H,17,18)(H,22,23). The van der Waals surface area contributed by atoms with Crippen LogP contribution in [0.3, 0.4) is 0 Å². The number of amides is 1. The Kier molecular flexibility index (Phi) is 6.56. The fraction of sp³-hybridized carbons (Fsp3) is 0.533. The molecule has 0 bridgehead atoms. The quantitative estimate of drug-likeness (QED) is 0.341. The number of pyridine rings is 1. The summed E-state index contributed by atoms with van der Waals surface area (Å²) >= 11 is 5.86. The summed E-state index contributed by atoms with van der Waals surface area (Å²) in [6.07, 6.45) is 1.74. The lowest BCUT2D eigenvalue weighted by atomic mass is 10.1. The number of hydrogen-bond donors (Lipinski definition) is 2. The molecule has 0 radical (unpaired) electrons. The molecule has 142 valence electrons. The Morgan fingerprint density at radius 1 is 1.50 bits per heavy atom. The number of aromatic nitrogens is 1. The van der Waals surface area contributed by atoms with Crippen molar-refractivity contribution in [3.05, 3.63) is 27.0 Å². The summed E-state index contributed by atoms with van der Waals surface area (Å²) in [4.78, 5) is 39.0. The van der Waals surface area contributed by atoms with Crippen molar-refractivity contribution in [1.29, 1.82) is 0 Å². The molecule has 10 nitrogen and oxygen atoms in total. The number of nitrogens with zero attached hydrogens (tertiary/aromatic N) is 3. The van der Waals surface area contributed by atoms with Gasteiger partial charge >= 0.3 is 17.7 Å². The molecule has 1 saturated heterocycles. The highest BCUT2D eigenvalue weighted by Crippen LogP contribution is 2.35. The van der Waals surface area contributed by atoms with E-state index in [1.165, 1.54) is 4.90 Å². The highest BCUT2D eigenvalue weighted by Gasteiger charge is 2.30. The van der Waals surface area contributed by atoms with Crippen molar-refractivity contribution in [2.75, 3.05) is 25.0 Å². The van der Waals surface area contributed by atoms with Crippen molar-refractivity contribution in [1.82, 2.24) is 9.88 Å². The third kappa shape index (κ3) is 4.51. The maximum atomic E-state index is 12.1. The van der Waals surface area contributed by atoms with E-state index in [9.17, 15) is 19.7 Å². The topological polar surface area (TPSA) is 135 Å². The SMILES string of the molecule is CCOC(=O)c1cnc(Cl)c([N+](=O)[O-])c1NC1CCCN(C(=O)O)CC1. The number of rotatable bonds is 5. The number of carbonyl (C=O) groups excluding carboxylic acids is 1. The van der Waals surface area contributed by atoms with Crippen molar-refractivity contribution in [2.24, 2.45) is 0 Å². The summed E-state index contributed by atoms with van der Waals surface area (Å²) < 4.78 is 4.94. The summed E-state index contributed by atoms with van der Waals surface area (Å²) in [5, 5.41) is 23.2. The first-order valence-electron chi connectivity index (χ1n) is 8.09. The zero-order chi connectivity index (χ0) is 19.3. The van der Waals surface area contributed by atoms with Gasteiger partial charge in [-0.3, -0.25) is 10.1 Å². The van der Waals surface area contributed by atoms with Crippen LogP contribution in [0.4, 0.5) is 16.2 Å². The first-order chi connectivity index (χ1) is 12.3. The summed E-state index contributed by atoms with van der Waals surface area (Å²) in [5.41, 5.74) is -0.638. The number of anilines is 1. The minimum absolute atomic E-state index is 0.0535. The number of likely N-dealkylation sites (tertiary alicyclic amines) is 1. The van der Waals surface area contributed by atoms with Gasteiger partial charge in [0.15, 0.2) is 0 Å². The number of carbonyl (C=O) groups is 2. The number of halogens is 1. The molecule has 2 rings (SSSR count). The van der Waals surface area contributed by atoms with Gasteiger partial charge in [-0.15, -0.1) is 0 Å².